The second-order valence-electron chi connectivity index (χ2n) is 4.68. The van der Waals surface area contributed by atoms with Crippen LogP contribution in [0.15, 0.2) is 12.1 Å². The molecule has 1 aromatic rings. The summed E-state index contributed by atoms with van der Waals surface area (Å²) in [4.78, 5) is 11.0. The van der Waals surface area contributed by atoms with Crippen molar-refractivity contribution in [2.24, 2.45) is 5.92 Å². The Balaban J connectivity index is 1.90. The van der Waals surface area contributed by atoms with E-state index in [2.05, 4.69) is 5.32 Å². The molecule has 2 heterocycles. The molecule has 0 bridgehead atoms. The molecule has 2 aliphatic heterocycles. The summed E-state index contributed by atoms with van der Waals surface area (Å²) in [6, 6.07) is 3.61. The third kappa shape index (κ3) is 2.08. The molecular weight excluding hydrogens is 250 g/mol. The molecule has 2 aliphatic rings. The van der Waals surface area contributed by atoms with Crippen LogP contribution in [0.1, 0.15) is 18.0 Å². The summed E-state index contributed by atoms with van der Waals surface area (Å²) in [6.45, 7) is 0.676. The third-order valence-corrected chi connectivity index (χ3v) is 3.58. The summed E-state index contributed by atoms with van der Waals surface area (Å²) in [5.74, 6) is 0.896. The second kappa shape index (κ2) is 4.62. The quantitative estimate of drug-likeness (QED) is 0.854. The van der Waals surface area contributed by atoms with Crippen LogP contribution in [-0.4, -0.2) is 31.5 Å². The van der Waals surface area contributed by atoms with Gasteiger partial charge < -0.3 is 24.6 Å². The number of methoxy groups -OCH3 is 1. The lowest BCUT2D eigenvalue weighted by molar-refractivity contribution is -0.141. The van der Waals surface area contributed by atoms with Gasteiger partial charge in [-0.3, -0.25) is 4.79 Å². The Labute approximate surface area is 110 Å². The van der Waals surface area contributed by atoms with Gasteiger partial charge in [0, 0.05) is 24.2 Å². The van der Waals surface area contributed by atoms with Crippen LogP contribution in [0.2, 0.25) is 0 Å². The number of ether oxygens (including phenoxy) is 3. The molecule has 1 saturated heterocycles. The Morgan fingerprint density at radius 1 is 1.42 bits per heavy atom. The Morgan fingerprint density at radius 2 is 2.16 bits per heavy atom. The van der Waals surface area contributed by atoms with Crippen LogP contribution < -0.4 is 19.5 Å². The summed E-state index contributed by atoms with van der Waals surface area (Å²) in [7, 11) is 1.59. The first-order valence-corrected chi connectivity index (χ1v) is 6.12. The number of fused-ring (bicyclic) bond motifs is 1. The number of carbonyl (C=O) groups is 1. The molecule has 2 unspecified atom stereocenters. The van der Waals surface area contributed by atoms with Crippen molar-refractivity contribution in [3.8, 4) is 17.2 Å². The van der Waals surface area contributed by atoms with Crippen molar-refractivity contribution in [3.63, 3.8) is 0 Å². The minimum Gasteiger partial charge on any atom is -0.496 e. The Kier molecular flexibility index (Phi) is 2.94. The van der Waals surface area contributed by atoms with Gasteiger partial charge in [-0.2, -0.15) is 0 Å². The van der Waals surface area contributed by atoms with Gasteiger partial charge in [-0.15, -0.1) is 0 Å². The van der Waals surface area contributed by atoms with Gasteiger partial charge in [-0.25, -0.2) is 0 Å². The highest BCUT2D eigenvalue weighted by Gasteiger charge is 2.33. The predicted molar refractivity (Wildman–Crippen MR) is 65.6 cm³/mol. The number of hydrogen-bond donors (Lipinski definition) is 2. The van der Waals surface area contributed by atoms with Gasteiger partial charge in [-0.1, -0.05) is 0 Å². The maximum atomic E-state index is 11.0. The zero-order valence-electron chi connectivity index (χ0n) is 10.5. The van der Waals surface area contributed by atoms with Crippen LogP contribution in [0.3, 0.4) is 0 Å². The number of aliphatic carboxylic acids is 1. The number of carboxylic acids is 1. The summed E-state index contributed by atoms with van der Waals surface area (Å²) in [6.07, 6.45) is 0.547. The van der Waals surface area contributed by atoms with Gasteiger partial charge in [0.05, 0.1) is 13.0 Å². The minimum absolute atomic E-state index is 0.0365. The van der Waals surface area contributed by atoms with Crippen LogP contribution in [0.5, 0.6) is 17.2 Å². The van der Waals surface area contributed by atoms with E-state index in [1.807, 2.05) is 6.07 Å². The Bertz CT molecular complexity index is 516. The third-order valence-electron chi connectivity index (χ3n) is 3.58. The summed E-state index contributed by atoms with van der Waals surface area (Å²) < 4.78 is 16.0. The minimum atomic E-state index is -0.769. The molecule has 6 heteroatoms. The molecule has 3 rings (SSSR count). The first-order valence-electron chi connectivity index (χ1n) is 6.12. The van der Waals surface area contributed by atoms with E-state index < -0.39 is 5.97 Å². The topological polar surface area (TPSA) is 77.0 Å². The maximum Gasteiger partial charge on any atom is 0.307 e. The van der Waals surface area contributed by atoms with Crippen LogP contribution in [-0.2, 0) is 4.79 Å². The smallest absolute Gasteiger partial charge is 0.307 e. The molecule has 6 nitrogen and oxygen atoms in total. The van der Waals surface area contributed by atoms with Crippen molar-refractivity contribution >= 4 is 5.97 Å². The second-order valence-corrected chi connectivity index (χ2v) is 4.68. The van der Waals surface area contributed by atoms with Crippen LogP contribution in [0, 0.1) is 5.92 Å². The molecule has 0 spiro atoms. The van der Waals surface area contributed by atoms with E-state index in [1.165, 1.54) is 0 Å². The zero-order valence-corrected chi connectivity index (χ0v) is 10.5. The zero-order chi connectivity index (χ0) is 13.4. The van der Waals surface area contributed by atoms with E-state index in [0.29, 0.717) is 30.2 Å². The van der Waals surface area contributed by atoms with Crippen molar-refractivity contribution in [1.29, 1.82) is 0 Å². The van der Waals surface area contributed by atoms with E-state index in [0.717, 1.165) is 5.56 Å². The van der Waals surface area contributed by atoms with Crippen molar-refractivity contribution in [2.45, 2.75) is 12.5 Å². The lowest BCUT2D eigenvalue weighted by atomic mass is 9.99. The fourth-order valence-electron chi connectivity index (χ4n) is 2.55. The average molecular weight is 265 g/mol. The molecule has 0 amide bonds. The van der Waals surface area contributed by atoms with Gasteiger partial charge in [-0.05, 0) is 12.5 Å². The van der Waals surface area contributed by atoms with E-state index in [4.69, 9.17) is 19.3 Å². The molecule has 0 saturated carbocycles. The van der Waals surface area contributed by atoms with Crippen LogP contribution in [0.25, 0.3) is 0 Å². The van der Waals surface area contributed by atoms with Crippen molar-refractivity contribution in [1.82, 2.24) is 5.32 Å². The standard InChI is InChI=1S/C13H15NO5/c1-17-10-4-12-11(18-6-19-12)3-8(10)9-2-7(5-14-9)13(15)16/h3-4,7,9,14H,2,5-6H2,1H3,(H,15,16). The lowest BCUT2D eigenvalue weighted by Crippen LogP contribution is -2.17. The van der Waals surface area contributed by atoms with E-state index in [9.17, 15) is 4.79 Å². The molecule has 2 atom stereocenters. The van der Waals surface area contributed by atoms with E-state index >= 15 is 0 Å². The number of rotatable bonds is 3. The lowest BCUT2D eigenvalue weighted by Gasteiger charge is -2.15. The average Bonchev–Trinajstić information content (AvgIpc) is 3.05. The molecule has 1 aromatic carbocycles. The molecule has 0 aromatic heterocycles. The number of carboxylic acid groups (broad SMARTS) is 1. The fraction of sp³-hybridized carbons (Fsp3) is 0.462. The summed E-state index contributed by atoms with van der Waals surface area (Å²) in [5.41, 5.74) is 0.913. The van der Waals surface area contributed by atoms with E-state index in [1.54, 1.807) is 13.2 Å². The van der Waals surface area contributed by atoms with Gasteiger partial charge in [0.15, 0.2) is 11.5 Å². The van der Waals surface area contributed by atoms with Gasteiger partial charge >= 0.3 is 5.97 Å². The molecule has 1 fully saturated rings. The number of benzene rings is 1. The van der Waals surface area contributed by atoms with Crippen LogP contribution in [0.4, 0.5) is 0 Å². The molecule has 19 heavy (non-hydrogen) atoms. The number of hydrogen-bond acceptors (Lipinski definition) is 5. The van der Waals surface area contributed by atoms with Gasteiger partial charge in [0.2, 0.25) is 6.79 Å². The Hall–Kier alpha value is -1.95. The van der Waals surface area contributed by atoms with Gasteiger partial charge in [0.25, 0.3) is 0 Å². The largest absolute Gasteiger partial charge is 0.496 e. The van der Waals surface area contributed by atoms with Crippen LogP contribution >= 0.6 is 0 Å². The molecule has 0 radical (unpaired) electrons. The SMILES string of the molecule is COc1cc2c(cc1C1CC(C(=O)O)CN1)OCO2. The maximum absolute atomic E-state index is 11.0. The molecule has 102 valence electrons. The molecular formula is C13H15NO5. The van der Waals surface area contributed by atoms with Crippen molar-refractivity contribution < 1.29 is 24.1 Å². The summed E-state index contributed by atoms with van der Waals surface area (Å²) >= 11 is 0. The summed E-state index contributed by atoms with van der Waals surface area (Å²) in [5, 5.41) is 12.3. The fourth-order valence-corrected chi connectivity index (χ4v) is 2.55. The number of nitrogens with one attached hydrogen (secondary N) is 1. The molecule has 0 aliphatic carbocycles. The Morgan fingerprint density at radius 3 is 2.79 bits per heavy atom. The molecule has 2 N–H and O–H groups in total. The normalized spacial score (nSPS) is 24.5. The monoisotopic (exact) mass is 265 g/mol. The van der Waals surface area contributed by atoms with Crippen molar-refractivity contribution in [3.05, 3.63) is 17.7 Å². The highest BCUT2D eigenvalue weighted by molar-refractivity contribution is 5.71. The first kappa shape index (κ1) is 12.1. The highest BCUT2D eigenvalue weighted by atomic mass is 16.7. The predicted octanol–water partition coefficient (Wildman–Crippen LogP) is 1.16. The van der Waals surface area contributed by atoms with E-state index in [-0.39, 0.29) is 18.8 Å². The highest BCUT2D eigenvalue weighted by Crippen LogP contribution is 2.42. The van der Waals surface area contributed by atoms with Gasteiger partial charge in [0.1, 0.15) is 5.75 Å². The van der Waals surface area contributed by atoms with Crippen molar-refractivity contribution in [2.75, 3.05) is 20.4 Å². The first-order chi connectivity index (χ1) is 9.19.